The lowest BCUT2D eigenvalue weighted by Crippen LogP contribution is -2.42. The Morgan fingerprint density at radius 3 is 2.90 bits per heavy atom. The van der Waals surface area contributed by atoms with Crippen molar-refractivity contribution in [2.75, 3.05) is 19.6 Å². The Labute approximate surface area is 123 Å². The van der Waals surface area contributed by atoms with E-state index in [-0.39, 0.29) is 5.91 Å². The molecule has 110 valence electrons. The molecule has 5 nitrogen and oxygen atoms in total. The number of amides is 1. The number of nitrogens with one attached hydrogen (secondary N) is 1. The maximum Gasteiger partial charge on any atom is 0.267 e. The third kappa shape index (κ3) is 3.17. The van der Waals surface area contributed by atoms with Gasteiger partial charge in [0, 0.05) is 19.1 Å². The summed E-state index contributed by atoms with van der Waals surface area (Å²) in [6.45, 7) is 4.84. The Kier molecular flexibility index (Phi) is 4.31. The van der Waals surface area contributed by atoms with Gasteiger partial charge in [-0.05, 0) is 56.1 Å². The zero-order valence-corrected chi connectivity index (χ0v) is 12.8. The molecule has 1 saturated carbocycles. The number of hydrogen-bond acceptors (Lipinski definition) is 5. The second-order valence-corrected chi connectivity index (χ2v) is 6.60. The van der Waals surface area contributed by atoms with Gasteiger partial charge in [-0.2, -0.15) is 0 Å². The highest BCUT2D eigenvalue weighted by atomic mass is 32.1. The van der Waals surface area contributed by atoms with Crippen molar-refractivity contribution in [2.24, 2.45) is 5.92 Å². The summed E-state index contributed by atoms with van der Waals surface area (Å²) in [6.07, 6.45) is 5.71. The van der Waals surface area contributed by atoms with Crippen molar-refractivity contribution in [1.82, 2.24) is 19.8 Å². The molecule has 1 aromatic rings. The van der Waals surface area contributed by atoms with E-state index in [2.05, 4.69) is 14.9 Å². The molecule has 1 saturated heterocycles. The summed E-state index contributed by atoms with van der Waals surface area (Å²) in [5.41, 5.74) is 0.847. The van der Waals surface area contributed by atoms with E-state index in [0.29, 0.717) is 12.0 Å². The second-order valence-electron chi connectivity index (χ2n) is 5.85. The summed E-state index contributed by atoms with van der Waals surface area (Å²) in [5, 5.41) is 7.56. The van der Waals surface area contributed by atoms with E-state index < -0.39 is 0 Å². The van der Waals surface area contributed by atoms with Gasteiger partial charge in [-0.3, -0.25) is 4.79 Å². The molecule has 2 aliphatic rings. The summed E-state index contributed by atoms with van der Waals surface area (Å²) in [5.74, 6) is 0.851. The van der Waals surface area contributed by atoms with Crippen molar-refractivity contribution in [3.05, 3.63) is 10.6 Å². The van der Waals surface area contributed by atoms with Crippen LogP contribution in [0.4, 0.5) is 0 Å². The minimum Gasteiger partial charge on any atom is -0.336 e. The highest BCUT2D eigenvalue weighted by molar-refractivity contribution is 7.08. The predicted octanol–water partition coefficient (Wildman–Crippen LogP) is 1.70. The van der Waals surface area contributed by atoms with E-state index >= 15 is 0 Å². The van der Waals surface area contributed by atoms with Gasteiger partial charge in [-0.15, -0.1) is 5.10 Å². The smallest absolute Gasteiger partial charge is 0.267 e. The molecule has 1 aliphatic carbocycles. The number of nitrogens with zero attached hydrogens (tertiary/aromatic N) is 3. The molecule has 1 unspecified atom stereocenters. The number of carbonyl (C=O) groups excluding carboxylic acids is 1. The van der Waals surface area contributed by atoms with E-state index in [1.165, 1.54) is 37.2 Å². The molecule has 0 radical (unpaired) electrons. The van der Waals surface area contributed by atoms with E-state index in [4.69, 9.17) is 0 Å². The van der Waals surface area contributed by atoms with Gasteiger partial charge in [0.1, 0.15) is 4.88 Å². The van der Waals surface area contributed by atoms with Crippen LogP contribution in [-0.4, -0.2) is 46.1 Å². The minimum absolute atomic E-state index is 0.137. The topological polar surface area (TPSA) is 58.1 Å². The summed E-state index contributed by atoms with van der Waals surface area (Å²) in [4.78, 5) is 15.5. The molecule has 3 rings (SSSR count). The van der Waals surface area contributed by atoms with Gasteiger partial charge >= 0.3 is 0 Å². The van der Waals surface area contributed by atoms with Crippen LogP contribution in [-0.2, 0) is 6.42 Å². The fraction of sp³-hybridized carbons (Fsp3) is 0.786. The van der Waals surface area contributed by atoms with Gasteiger partial charge in [-0.25, -0.2) is 0 Å². The molecule has 6 heteroatoms. The highest BCUT2D eigenvalue weighted by Gasteiger charge is 2.31. The lowest BCUT2D eigenvalue weighted by molar-refractivity contribution is 0.0737. The first kappa shape index (κ1) is 13.9. The minimum atomic E-state index is 0.137. The van der Waals surface area contributed by atoms with Crippen LogP contribution in [0.5, 0.6) is 0 Å². The van der Waals surface area contributed by atoms with Crippen molar-refractivity contribution in [2.45, 2.75) is 45.1 Å². The molecular formula is C14H22N4OS. The van der Waals surface area contributed by atoms with Crippen molar-refractivity contribution < 1.29 is 4.79 Å². The largest absolute Gasteiger partial charge is 0.336 e. The molecule has 0 bridgehead atoms. The van der Waals surface area contributed by atoms with Crippen LogP contribution >= 0.6 is 11.5 Å². The third-order valence-electron chi connectivity index (χ3n) is 4.15. The molecule has 20 heavy (non-hydrogen) atoms. The van der Waals surface area contributed by atoms with Crippen molar-refractivity contribution >= 4 is 17.4 Å². The maximum absolute atomic E-state index is 12.8. The maximum atomic E-state index is 12.8. The molecule has 0 aromatic carbocycles. The number of aryl methyl sites for hydroxylation is 1. The normalized spacial score (nSPS) is 22.1. The number of carbonyl (C=O) groups is 1. The molecule has 1 amide bonds. The Morgan fingerprint density at radius 2 is 2.25 bits per heavy atom. The van der Waals surface area contributed by atoms with Crippen molar-refractivity contribution in [3.63, 3.8) is 0 Å². The first-order chi connectivity index (χ1) is 9.78. The SMILES string of the molecule is CCc1nnsc1C(=O)N(CC1CC1)CC1CCCN1. The molecule has 1 atom stereocenters. The monoisotopic (exact) mass is 294 g/mol. The van der Waals surface area contributed by atoms with Crippen LogP contribution in [0.3, 0.4) is 0 Å². The van der Waals surface area contributed by atoms with E-state index in [1.54, 1.807) is 0 Å². The second kappa shape index (κ2) is 6.18. The van der Waals surface area contributed by atoms with Crippen molar-refractivity contribution in [1.29, 1.82) is 0 Å². The molecule has 1 aromatic heterocycles. The van der Waals surface area contributed by atoms with E-state index in [0.717, 1.165) is 36.6 Å². The summed E-state index contributed by atoms with van der Waals surface area (Å²) < 4.78 is 3.95. The van der Waals surface area contributed by atoms with Gasteiger partial charge in [0.15, 0.2) is 0 Å². The number of rotatable bonds is 6. The van der Waals surface area contributed by atoms with Crippen LogP contribution in [0, 0.1) is 5.92 Å². The molecule has 1 aliphatic heterocycles. The third-order valence-corrected chi connectivity index (χ3v) is 4.91. The van der Waals surface area contributed by atoms with Crippen LogP contribution in [0.25, 0.3) is 0 Å². The zero-order chi connectivity index (χ0) is 13.9. The van der Waals surface area contributed by atoms with E-state index in [9.17, 15) is 4.79 Å². The fourth-order valence-corrected chi connectivity index (χ4v) is 3.50. The zero-order valence-electron chi connectivity index (χ0n) is 12.0. The Hall–Kier alpha value is -1.01. The van der Waals surface area contributed by atoms with Crippen LogP contribution in [0.1, 0.15) is 48.0 Å². The van der Waals surface area contributed by atoms with Crippen LogP contribution < -0.4 is 5.32 Å². The lowest BCUT2D eigenvalue weighted by Gasteiger charge is -2.25. The van der Waals surface area contributed by atoms with Crippen LogP contribution in [0.2, 0.25) is 0 Å². The first-order valence-electron chi connectivity index (χ1n) is 7.61. The standard InChI is InChI=1S/C14H22N4OS/c1-2-12-13(20-17-16-12)14(19)18(8-10-5-6-10)9-11-4-3-7-15-11/h10-11,15H,2-9H2,1H3. The Bertz CT molecular complexity index is 465. The van der Waals surface area contributed by atoms with Gasteiger partial charge in [0.2, 0.25) is 0 Å². The highest BCUT2D eigenvalue weighted by Crippen LogP contribution is 2.31. The predicted molar refractivity (Wildman–Crippen MR) is 78.9 cm³/mol. The summed E-state index contributed by atoms with van der Waals surface area (Å²) >= 11 is 1.24. The van der Waals surface area contributed by atoms with Crippen LogP contribution in [0.15, 0.2) is 0 Å². The average Bonchev–Trinajstić information content (AvgIpc) is 2.95. The Morgan fingerprint density at radius 1 is 1.40 bits per heavy atom. The number of aromatic nitrogens is 2. The van der Waals surface area contributed by atoms with Crippen molar-refractivity contribution in [3.8, 4) is 0 Å². The summed E-state index contributed by atoms with van der Waals surface area (Å²) in [6, 6.07) is 0.462. The molecule has 2 fully saturated rings. The van der Waals surface area contributed by atoms with Gasteiger partial charge in [0.25, 0.3) is 5.91 Å². The first-order valence-corrected chi connectivity index (χ1v) is 8.39. The van der Waals surface area contributed by atoms with Gasteiger partial charge in [0.05, 0.1) is 5.69 Å². The van der Waals surface area contributed by atoms with E-state index in [1.807, 2.05) is 11.8 Å². The lowest BCUT2D eigenvalue weighted by atomic mass is 10.2. The summed E-state index contributed by atoms with van der Waals surface area (Å²) in [7, 11) is 0. The molecule has 1 N–H and O–H groups in total. The quantitative estimate of drug-likeness (QED) is 0.867. The molecule has 0 spiro atoms. The Balaban J connectivity index is 1.71. The fourth-order valence-electron chi connectivity index (χ4n) is 2.78. The molecular weight excluding hydrogens is 272 g/mol. The molecule has 2 heterocycles. The van der Waals surface area contributed by atoms with Gasteiger partial charge in [-0.1, -0.05) is 11.4 Å². The van der Waals surface area contributed by atoms with Gasteiger partial charge < -0.3 is 10.2 Å². The number of hydrogen-bond donors (Lipinski definition) is 1. The average molecular weight is 294 g/mol.